The summed E-state index contributed by atoms with van der Waals surface area (Å²) >= 11 is 11.9. The molecule has 1 unspecified atom stereocenters. The standard InChI is InChI=1S/C20H18Cl2N2O2/c1-11-7-14-9-13(19(25)24-18(14)8-12(11)2)5-6-23-20(26)16-10-15(21)3-4-17(16)22/h3-4,7-10,13H,5-6H2,1-2H3,(H,23,26). The highest BCUT2D eigenvalue weighted by Crippen LogP contribution is 2.20. The van der Waals surface area contributed by atoms with Crippen molar-refractivity contribution in [3.63, 3.8) is 0 Å². The third-order valence-corrected chi connectivity index (χ3v) is 5.05. The largest absolute Gasteiger partial charge is 0.352 e. The van der Waals surface area contributed by atoms with Crippen molar-refractivity contribution in [3.05, 3.63) is 67.6 Å². The zero-order valence-electron chi connectivity index (χ0n) is 14.5. The number of nitrogens with zero attached hydrogens (tertiary/aromatic N) is 1. The number of carbonyl (C=O) groups is 2. The molecule has 0 fully saturated rings. The van der Waals surface area contributed by atoms with Crippen molar-refractivity contribution in [3.8, 4) is 0 Å². The molecule has 1 N–H and O–H groups in total. The first-order valence-electron chi connectivity index (χ1n) is 8.30. The minimum atomic E-state index is -0.347. The van der Waals surface area contributed by atoms with Gasteiger partial charge in [0.2, 0.25) is 0 Å². The van der Waals surface area contributed by atoms with Crippen molar-refractivity contribution in [2.75, 3.05) is 6.54 Å². The molecule has 1 aliphatic rings. The molecular formula is C20H18Cl2N2O2. The first-order chi connectivity index (χ1) is 12.3. The normalized spacial score (nSPS) is 15.7. The van der Waals surface area contributed by atoms with Crippen LogP contribution in [0.2, 0.25) is 10.0 Å². The quantitative estimate of drug-likeness (QED) is 0.874. The van der Waals surface area contributed by atoms with E-state index >= 15 is 0 Å². The molecule has 26 heavy (non-hydrogen) atoms. The lowest BCUT2D eigenvalue weighted by Gasteiger charge is -2.14. The lowest BCUT2D eigenvalue weighted by atomic mass is 9.98. The van der Waals surface area contributed by atoms with Gasteiger partial charge in [0.05, 0.1) is 21.9 Å². The van der Waals surface area contributed by atoms with Gasteiger partial charge in [-0.05, 0) is 66.9 Å². The number of fused-ring (bicyclic) bond motifs is 1. The van der Waals surface area contributed by atoms with Gasteiger partial charge in [-0.15, -0.1) is 0 Å². The zero-order chi connectivity index (χ0) is 18.8. The van der Waals surface area contributed by atoms with Crippen LogP contribution >= 0.6 is 23.2 Å². The van der Waals surface area contributed by atoms with E-state index < -0.39 is 0 Å². The van der Waals surface area contributed by atoms with Crippen molar-refractivity contribution < 1.29 is 9.59 Å². The Balaban J connectivity index is 1.69. The van der Waals surface area contributed by atoms with Crippen LogP contribution in [0, 0.1) is 19.8 Å². The lowest BCUT2D eigenvalue weighted by Crippen LogP contribution is -2.36. The monoisotopic (exact) mass is 388 g/mol. The molecule has 134 valence electrons. The van der Waals surface area contributed by atoms with Gasteiger partial charge in [-0.3, -0.25) is 9.59 Å². The van der Waals surface area contributed by atoms with Crippen LogP contribution in [0.5, 0.6) is 0 Å². The highest BCUT2D eigenvalue weighted by molar-refractivity contribution is 6.35. The molecular weight excluding hydrogens is 371 g/mol. The topological polar surface area (TPSA) is 58.5 Å². The minimum Gasteiger partial charge on any atom is -0.352 e. The summed E-state index contributed by atoms with van der Waals surface area (Å²) in [5, 5.41) is 5.23. The van der Waals surface area contributed by atoms with Gasteiger partial charge in [0.1, 0.15) is 0 Å². The van der Waals surface area contributed by atoms with E-state index in [-0.39, 0.29) is 17.7 Å². The second kappa shape index (κ2) is 7.60. The Morgan fingerprint density at radius 2 is 1.88 bits per heavy atom. The molecule has 1 aliphatic heterocycles. The molecule has 2 amide bonds. The summed E-state index contributed by atoms with van der Waals surface area (Å²) < 4.78 is 0. The maximum Gasteiger partial charge on any atom is 0.253 e. The molecule has 0 spiro atoms. The van der Waals surface area contributed by atoms with Gasteiger partial charge in [-0.1, -0.05) is 29.3 Å². The molecule has 0 bridgehead atoms. The Morgan fingerprint density at radius 1 is 1.15 bits per heavy atom. The summed E-state index contributed by atoms with van der Waals surface area (Å²) in [6.07, 6.45) is 2.40. The Morgan fingerprint density at radius 3 is 2.65 bits per heavy atom. The van der Waals surface area contributed by atoms with E-state index in [1.54, 1.807) is 12.1 Å². The van der Waals surface area contributed by atoms with Crippen LogP contribution in [0.25, 0.3) is 6.08 Å². The minimum absolute atomic E-state index is 0.184. The van der Waals surface area contributed by atoms with Gasteiger partial charge in [0, 0.05) is 11.6 Å². The number of rotatable bonds is 4. The molecule has 0 radical (unpaired) electrons. The number of amides is 2. The molecule has 3 rings (SSSR count). The Kier molecular flexibility index (Phi) is 5.44. The maximum absolute atomic E-state index is 12.2. The van der Waals surface area contributed by atoms with Crippen molar-refractivity contribution >= 4 is 41.1 Å². The summed E-state index contributed by atoms with van der Waals surface area (Å²) in [6, 6.07) is 8.69. The van der Waals surface area contributed by atoms with Gasteiger partial charge >= 0.3 is 0 Å². The zero-order valence-corrected chi connectivity index (χ0v) is 16.0. The number of nitrogens with one attached hydrogen (secondary N) is 1. The fourth-order valence-electron chi connectivity index (χ4n) is 2.86. The van der Waals surface area contributed by atoms with Crippen molar-refractivity contribution in [1.29, 1.82) is 0 Å². The fraction of sp³-hybridized carbons (Fsp3) is 0.250. The van der Waals surface area contributed by atoms with Crippen LogP contribution in [0.1, 0.15) is 27.9 Å². The van der Waals surface area contributed by atoms with E-state index in [1.807, 2.05) is 32.1 Å². The summed E-state index contributed by atoms with van der Waals surface area (Å²) in [7, 11) is 0. The summed E-state index contributed by atoms with van der Waals surface area (Å²) in [5.74, 6) is -0.847. The molecule has 2 aromatic rings. The van der Waals surface area contributed by atoms with Gasteiger partial charge < -0.3 is 5.32 Å². The molecule has 0 saturated carbocycles. The predicted octanol–water partition coefficient (Wildman–Crippen LogP) is 2.99. The number of aryl methyl sites for hydroxylation is 2. The summed E-state index contributed by atoms with van der Waals surface area (Å²) in [5.41, 5.74) is 2.59. The second-order valence-corrected chi connectivity index (χ2v) is 7.23. The first kappa shape index (κ1) is 18.6. The first-order valence-corrected chi connectivity index (χ1v) is 9.05. The van der Waals surface area contributed by atoms with Crippen molar-refractivity contribution in [2.45, 2.75) is 20.3 Å². The third-order valence-electron chi connectivity index (χ3n) is 4.49. The molecule has 6 heteroatoms. The number of benzene rings is 2. The van der Waals surface area contributed by atoms with E-state index in [2.05, 4.69) is 10.3 Å². The van der Waals surface area contributed by atoms with Crippen molar-refractivity contribution in [1.82, 2.24) is 5.32 Å². The highest BCUT2D eigenvalue weighted by Gasteiger charge is 2.19. The summed E-state index contributed by atoms with van der Waals surface area (Å²) in [4.78, 5) is 28.7. The van der Waals surface area contributed by atoms with Crippen molar-refractivity contribution in [2.24, 2.45) is 10.9 Å². The molecule has 0 aromatic heterocycles. The van der Waals surface area contributed by atoms with Crippen LogP contribution in [-0.4, -0.2) is 18.4 Å². The van der Waals surface area contributed by atoms with Crippen LogP contribution in [0.15, 0.2) is 35.3 Å². The van der Waals surface area contributed by atoms with Crippen LogP contribution in [0.3, 0.4) is 0 Å². The van der Waals surface area contributed by atoms with Gasteiger partial charge in [-0.2, -0.15) is 0 Å². The third kappa shape index (κ3) is 3.97. The molecule has 0 aliphatic carbocycles. The van der Waals surface area contributed by atoms with Gasteiger partial charge in [-0.25, -0.2) is 4.99 Å². The Hall–Kier alpha value is -2.17. The van der Waals surface area contributed by atoms with Crippen LogP contribution in [-0.2, 0) is 4.79 Å². The number of hydrogen-bond donors (Lipinski definition) is 1. The number of carbonyl (C=O) groups excluding carboxylic acids is 2. The fourth-order valence-corrected chi connectivity index (χ4v) is 3.23. The molecule has 2 aromatic carbocycles. The van der Waals surface area contributed by atoms with Gasteiger partial charge in [0.25, 0.3) is 11.8 Å². The average molecular weight is 389 g/mol. The van der Waals surface area contributed by atoms with Crippen LogP contribution in [0.4, 0.5) is 0 Å². The highest BCUT2D eigenvalue weighted by atomic mass is 35.5. The second-order valence-electron chi connectivity index (χ2n) is 6.39. The van der Waals surface area contributed by atoms with E-state index in [4.69, 9.17) is 23.2 Å². The number of halogens is 2. The SMILES string of the molecule is Cc1cc2c(cc1C)=NC(=O)C(CCNC(=O)c1cc(Cl)ccc1Cl)C=2. The predicted molar refractivity (Wildman–Crippen MR) is 103 cm³/mol. The number of hydrogen-bond acceptors (Lipinski definition) is 2. The van der Waals surface area contributed by atoms with E-state index in [1.165, 1.54) is 6.07 Å². The summed E-state index contributed by atoms with van der Waals surface area (Å²) in [6.45, 7) is 4.37. The van der Waals surface area contributed by atoms with E-state index in [0.29, 0.717) is 33.9 Å². The smallest absolute Gasteiger partial charge is 0.253 e. The molecule has 4 nitrogen and oxygen atoms in total. The Labute approximate surface area is 161 Å². The van der Waals surface area contributed by atoms with Gasteiger partial charge in [0.15, 0.2) is 0 Å². The molecule has 1 atom stereocenters. The molecule has 0 saturated heterocycles. The Bertz CT molecular complexity index is 1020. The average Bonchev–Trinajstić information content (AvgIpc) is 2.59. The lowest BCUT2D eigenvalue weighted by molar-refractivity contribution is -0.120. The van der Waals surface area contributed by atoms with Crippen LogP contribution < -0.4 is 15.9 Å². The van der Waals surface area contributed by atoms with E-state index in [0.717, 1.165) is 16.3 Å². The maximum atomic E-state index is 12.2. The van der Waals surface area contributed by atoms with E-state index in [9.17, 15) is 9.59 Å². The molecule has 1 heterocycles.